The second-order valence-electron chi connectivity index (χ2n) is 10.6. The van der Waals surface area contributed by atoms with E-state index in [1.807, 2.05) is 6.08 Å². The van der Waals surface area contributed by atoms with E-state index in [2.05, 4.69) is 95.8 Å². The summed E-state index contributed by atoms with van der Waals surface area (Å²) in [6.07, 6.45) is 10.5. The molecule has 1 aliphatic heterocycles. The number of nitrogens with two attached hydrogens (primary N) is 1. The third kappa shape index (κ3) is 9.52. The lowest BCUT2D eigenvalue weighted by molar-refractivity contribution is 0.0891. The van der Waals surface area contributed by atoms with Crippen molar-refractivity contribution in [3.63, 3.8) is 0 Å². The number of halogens is 1. The molecule has 0 radical (unpaired) electrons. The smallest absolute Gasteiger partial charge is 0.120 e. The van der Waals surface area contributed by atoms with Crippen molar-refractivity contribution in [3.05, 3.63) is 106 Å². The summed E-state index contributed by atoms with van der Waals surface area (Å²) in [6, 6.07) is 17.7. The van der Waals surface area contributed by atoms with Crippen LogP contribution in [0.2, 0.25) is 0 Å². The van der Waals surface area contributed by atoms with Crippen molar-refractivity contribution >= 4 is 11.6 Å². The molecule has 0 aromatic heterocycles. The number of allylic oxidation sites excluding steroid dienone is 2. The van der Waals surface area contributed by atoms with Crippen molar-refractivity contribution in [2.45, 2.75) is 58.7 Å². The fourth-order valence-electron chi connectivity index (χ4n) is 5.55. The quantitative estimate of drug-likeness (QED) is 0.190. The number of hydrogen-bond acceptors (Lipinski definition) is 5. The number of methoxy groups -OCH3 is 1. The van der Waals surface area contributed by atoms with E-state index in [0.717, 1.165) is 70.6 Å². The number of hydrogen-bond donors (Lipinski definition) is 1. The Morgan fingerprint density at radius 1 is 1.12 bits per heavy atom. The maximum absolute atomic E-state index is 6.69. The van der Waals surface area contributed by atoms with E-state index in [1.54, 1.807) is 7.11 Å². The summed E-state index contributed by atoms with van der Waals surface area (Å²) in [5.41, 5.74) is 13.0. The Balaban J connectivity index is 1.86. The highest BCUT2D eigenvalue weighted by atomic mass is 35.5. The predicted octanol–water partition coefficient (Wildman–Crippen LogP) is 6.34. The van der Waals surface area contributed by atoms with Gasteiger partial charge in [0.15, 0.2) is 0 Å². The van der Waals surface area contributed by atoms with Crippen LogP contribution in [0.1, 0.15) is 48.9 Å². The molecule has 1 aliphatic rings. The molecule has 1 fully saturated rings. The number of benzene rings is 2. The largest absolute Gasteiger partial charge is 0.388 e. The zero-order chi connectivity index (χ0) is 28.7. The number of aryl methyl sites for hydroxylation is 2. The van der Waals surface area contributed by atoms with Crippen molar-refractivity contribution in [3.8, 4) is 0 Å². The van der Waals surface area contributed by atoms with Crippen molar-refractivity contribution in [2.24, 2.45) is 5.73 Å². The van der Waals surface area contributed by atoms with Crippen molar-refractivity contribution < 1.29 is 4.74 Å². The zero-order valence-electron chi connectivity index (χ0n) is 24.8. The lowest BCUT2D eigenvalue weighted by Crippen LogP contribution is -2.53. The molecule has 0 spiro atoms. The van der Waals surface area contributed by atoms with Gasteiger partial charge in [-0.25, -0.2) is 0 Å². The highest BCUT2D eigenvalue weighted by Gasteiger charge is 2.28. The number of ether oxygens (including phenoxy) is 1. The van der Waals surface area contributed by atoms with E-state index in [-0.39, 0.29) is 6.04 Å². The minimum atomic E-state index is 0.256. The Morgan fingerprint density at radius 3 is 2.58 bits per heavy atom. The fourth-order valence-corrected chi connectivity index (χ4v) is 5.73. The molecule has 0 saturated carbocycles. The standard InChI is InChI=1S/C34H49ClN4O/c1-5-8-10-19-31-25-37(24-28-15-11-9-12-16-28)20-21-38(31)27-33(34(35)36)39(22-23-40-4)26-32-29(7-3)17-13-18-30(32)14-6-2/h5,9-13,15-19,31H,1,6-8,14,20-27,36H2,2-4H3/b19-10?,34-33-. The molecule has 2 N–H and O–H groups in total. The van der Waals surface area contributed by atoms with Crippen LogP contribution in [0.25, 0.3) is 0 Å². The van der Waals surface area contributed by atoms with E-state index >= 15 is 0 Å². The second kappa shape index (κ2) is 17.3. The van der Waals surface area contributed by atoms with E-state index in [1.165, 1.54) is 22.3 Å². The fraction of sp³-hybridized carbons (Fsp3) is 0.471. The summed E-state index contributed by atoms with van der Waals surface area (Å²) in [5.74, 6) is 0. The first-order chi connectivity index (χ1) is 19.5. The van der Waals surface area contributed by atoms with Gasteiger partial charge in [-0.2, -0.15) is 0 Å². The van der Waals surface area contributed by atoms with Gasteiger partial charge in [0.05, 0.1) is 12.3 Å². The van der Waals surface area contributed by atoms with E-state index in [4.69, 9.17) is 22.1 Å². The molecule has 1 heterocycles. The minimum absolute atomic E-state index is 0.256. The molecule has 2 aromatic rings. The van der Waals surface area contributed by atoms with Crippen LogP contribution in [-0.4, -0.2) is 67.2 Å². The first-order valence-corrected chi connectivity index (χ1v) is 15.1. The summed E-state index contributed by atoms with van der Waals surface area (Å²) in [6.45, 7) is 15.0. The summed E-state index contributed by atoms with van der Waals surface area (Å²) in [5, 5.41) is 0.364. The maximum Gasteiger partial charge on any atom is 0.120 e. The van der Waals surface area contributed by atoms with Crippen molar-refractivity contribution in [2.75, 3.05) is 46.4 Å². The Bertz CT molecular complexity index is 1100. The number of rotatable bonds is 16. The van der Waals surface area contributed by atoms with Crippen LogP contribution in [-0.2, 0) is 30.7 Å². The van der Waals surface area contributed by atoms with Gasteiger partial charge in [0, 0.05) is 59.0 Å². The summed E-state index contributed by atoms with van der Waals surface area (Å²) >= 11 is 6.69. The Kier molecular flexibility index (Phi) is 13.8. The lowest BCUT2D eigenvalue weighted by Gasteiger charge is -2.42. The van der Waals surface area contributed by atoms with Crippen LogP contribution in [0, 0.1) is 0 Å². The molecule has 0 amide bonds. The minimum Gasteiger partial charge on any atom is -0.388 e. The van der Waals surface area contributed by atoms with Crippen LogP contribution >= 0.6 is 11.6 Å². The first kappa shape index (κ1) is 32.0. The molecule has 1 saturated heterocycles. The van der Waals surface area contributed by atoms with Crippen LogP contribution < -0.4 is 5.73 Å². The highest BCUT2D eigenvalue weighted by molar-refractivity contribution is 6.29. The topological polar surface area (TPSA) is 45.0 Å². The molecule has 5 nitrogen and oxygen atoms in total. The number of piperazine rings is 1. The zero-order valence-corrected chi connectivity index (χ0v) is 25.6. The van der Waals surface area contributed by atoms with E-state index in [0.29, 0.717) is 18.3 Å². The van der Waals surface area contributed by atoms with E-state index in [9.17, 15) is 0 Å². The third-order valence-corrected chi connectivity index (χ3v) is 7.94. The van der Waals surface area contributed by atoms with Crippen LogP contribution in [0.4, 0.5) is 0 Å². The molecule has 6 heteroatoms. The molecular formula is C34H49ClN4O. The highest BCUT2D eigenvalue weighted by Crippen LogP contribution is 2.25. The predicted molar refractivity (Wildman–Crippen MR) is 170 cm³/mol. The molecule has 1 unspecified atom stereocenters. The molecule has 2 aromatic carbocycles. The van der Waals surface area contributed by atoms with Gasteiger partial charge in [-0.15, -0.1) is 6.58 Å². The lowest BCUT2D eigenvalue weighted by atomic mass is 9.95. The maximum atomic E-state index is 6.69. The van der Waals surface area contributed by atoms with Crippen molar-refractivity contribution in [1.82, 2.24) is 14.7 Å². The van der Waals surface area contributed by atoms with Gasteiger partial charge in [-0.3, -0.25) is 9.80 Å². The summed E-state index contributed by atoms with van der Waals surface area (Å²) < 4.78 is 5.53. The molecular weight excluding hydrogens is 516 g/mol. The first-order valence-electron chi connectivity index (χ1n) is 14.8. The molecule has 0 bridgehead atoms. The number of nitrogens with zero attached hydrogens (tertiary/aromatic N) is 3. The monoisotopic (exact) mass is 564 g/mol. The summed E-state index contributed by atoms with van der Waals surface area (Å²) in [4.78, 5) is 7.41. The Hall–Kier alpha value is -2.57. The Labute approximate surface area is 247 Å². The summed E-state index contributed by atoms with van der Waals surface area (Å²) in [7, 11) is 1.75. The molecule has 3 rings (SSSR count). The van der Waals surface area contributed by atoms with Crippen LogP contribution in [0.5, 0.6) is 0 Å². The molecule has 1 atom stereocenters. The van der Waals surface area contributed by atoms with Crippen LogP contribution in [0.15, 0.2) is 84.2 Å². The molecule has 40 heavy (non-hydrogen) atoms. The second-order valence-corrected chi connectivity index (χ2v) is 11.0. The van der Waals surface area contributed by atoms with Gasteiger partial charge in [-0.05, 0) is 41.5 Å². The van der Waals surface area contributed by atoms with Gasteiger partial charge in [0.2, 0.25) is 0 Å². The normalized spacial score (nSPS) is 17.2. The van der Waals surface area contributed by atoms with Gasteiger partial charge in [0.25, 0.3) is 0 Å². The Morgan fingerprint density at radius 2 is 1.90 bits per heavy atom. The van der Waals surface area contributed by atoms with E-state index < -0.39 is 0 Å². The van der Waals surface area contributed by atoms with Crippen LogP contribution in [0.3, 0.4) is 0 Å². The SMILES string of the molecule is C=CCC=CC1CN(Cc2ccccc2)CCN1C/C(=C(/N)Cl)N(CCOC)Cc1c(CC)cccc1CCC. The molecule has 0 aliphatic carbocycles. The van der Waals surface area contributed by atoms with Gasteiger partial charge in [0.1, 0.15) is 5.16 Å². The van der Waals surface area contributed by atoms with Gasteiger partial charge < -0.3 is 15.4 Å². The van der Waals surface area contributed by atoms with Gasteiger partial charge in [-0.1, -0.05) is 98.6 Å². The van der Waals surface area contributed by atoms with Crippen molar-refractivity contribution in [1.29, 1.82) is 0 Å². The third-order valence-electron chi connectivity index (χ3n) is 7.72. The molecule has 218 valence electrons. The average Bonchev–Trinajstić information content (AvgIpc) is 2.96. The average molecular weight is 565 g/mol. The van der Waals surface area contributed by atoms with Gasteiger partial charge >= 0.3 is 0 Å².